The minimum Gasteiger partial charge on any atom is -0.481 e. The molecule has 2 aromatic rings. The van der Waals surface area contributed by atoms with Gasteiger partial charge in [-0.25, -0.2) is 13.8 Å². The van der Waals surface area contributed by atoms with Gasteiger partial charge in [0.1, 0.15) is 5.52 Å². The highest BCUT2D eigenvalue weighted by atomic mass is 32.2. The van der Waals surface area contributed by atoms with E-state index >= 15 is 0 Å². The molecule has 0 aliphatic carbocycles. The Kier molecular flexibility index (Phi) is 4.87. The monoisotopic (exact) mass is 318 g/mol. The minimum atomic E-state index is -0.981. The molecule has 108 valence electrons. The molecule has 1 aromatic carbocycles. The molecule has 0 saturated heterocycles. The van der Waals surface area contributed by atoms with Gasteiger partial charge in [-0.15, -0.1) is 0 Å². The fourth-order valence-corrected chi connectivity index (χ4v) is 2.88. The van der Waals surface area contributed by atoms with Gasteiger partial charge in [-0.1, -0.05) is 11.8 Å². The van der Waals surface area contributed by atoms with E-state index in [1.54, 1.807) is 11.8 Å². The number of carbonyl (C=O) groups is 1. The van der Waals surface area contributed by atoms with Crippen molar-refractivity contribution in [3.8, 4) is 0 Å². The molecule has 20 heavy (non-hydrogen) atoms. The Morgan fingerprint density at radius 3 is 2.85 bits per heavy atom. The fourth-order valence-electron chi connectivity index (χ4n) is 1.76. The van der Waals surface area contributed by atoms with Crippen molar-refractivity contribution in [2.45, 2.75) is 11.7 Å². The number of imidazole rings is 1. The van der Waals surface area contributed by atoms with E-state index in [0.717, 1.165) is 17.8 Å². The summed E-state index contributed by atoms with van der Waals surface area (Å²) in [5.74, 6) is -2.34. The molecule has 0 aliphatic rings. The number of rotatable bonds is 6. The van der Waals surface area contributed by atoms with Crippen LogP contribution in [0, 0.1) is 11.6 Å². The maximum Gasteiger partial charge on any atom is 0.313 e. The van der Waals surface area contributed by atoms with E-state index in [2.05, 4.69) is 4.98 Å². The number of halogens is 2. The molecular formula is C12H12F2N2O2S2. The summed E-state index contributed by atoms with van der Waals surface area (Å²) in [6, 6.07) is 2.42. The van der Waals surface area contributed by atoms with Gasteiger partial charge in [0, 0.05) is 12.3 Å². The van der Waals surface area contributed by atoms with Crippen LogP contribution in [0.15, 0.2) is 17.3 Å². The Labute approximate surface area is 122 Å². The number of benzene rings is 1. The first kappa shape index (κ1) is 15.1. The van der Waals surface area contributed by atoms with Crippen LogP contribution in [0.5, 0.6) is 0 Å². The lowest BCUT2D eigenvalue weighted by atomic mass is 10.3. The maximum absolute atomic E-state index is 13.9. The Balaban J connectivity index is 2.49. The van der Waals surface area contributed by atoms with E-state index in [1.807, 2.05) is 6.26 Å². The van der Waals surface area contributed by atoms with Crippen LogP contribution in [0.1, 0.15) is 0 Å². The highest BCUT2D eigenvalue weighted by Crippen LogP contribution is 2.27. The third-order valence-electron chi connectivity index (χ3n) is 2.61. The molecule has 1 N–H and O–H groups in total. The summed E-state index contributed by atoms with van der Waals surface area (Å²) in [6.07, 6.45) is 1.90. The summed E-state index contributed by atoms with van der Waals surface area (Å²) in [5, 5.41) is 9.11. The molecule has 1 aromatic heterocycles. The largest absolute Gasteiger partial charge is 0.481 e. The van der Waals surface area contributed by atoms with Crippen molar-refractivity contribution in [3.05, 3.63) is 23.8 Å². The highest BCUT2D eigenvalue weighted by Gasteiger charge is 2.18. The van der Waals surface area contributed by atoms with E-state index in [0.29, 0.717) is 23.0 Å². The van der Waals surface area contributed by atoms with Gasteiger partial charge in [0.05, 0.1) is 11.3 Å². The molecule has 8 heteroatoms. The van der Waals surface area contributed by atoms with Gasteiger partial charge in [-0.2, -0.15) is 11.8 Å². The predicted octanol–water partition coefficient (Wildman–Crippen LogP) is 2.85. The van der Waals surface area contributed by atoms with Gasteiger partial charge in [0.2, 0.25) is 0 Å². The number of fused-ring (bicyclic) bond motifs is 1. The number of aliphatic carboxylic acids is 1. The number of hydrogen-bond acceptors (Lipinski definition) is 4. The molecule has 0 unspecified atom stereocenters. The molecule has 4 nitrogen and oxygen atoms in total. The van der Waals surface area contributed by atoms with Crippen LogP contribution in [-0.4, -0.2) is 38.4 Å². The number of carboxylic acid groups (broad SMARTS) is 1. The fraction of sp³-hybridized carbons (Fsp3) is 0.333. The lowest BCUT2D eigenvalue weighted by Gasteiger charge is -2.07. The zero-order chi connectivity index (χ0) is 14.7. The number of carboxylic acids is 1. The molecule has 0 spiro atoms. The first-order valence-corrected chi connectivity index (χ1v) is 8.10. The SMILES string of the molecule is CSCCn1c(SCC(=O)O)nc2ccc(F)c(F)c21. The second-order valence-corrected chi connectivity index (χ2v) is 5.88. The van der Waals surface area contributed by atoms with Gasteiger partial charge in [0.25, 0.3) is 0 Å². The van der Waals surface area contributed by atoms with Crippen LogP contribution in [-0.2, 0) is 11.3 Å². The van der Waals surface area contributed by atoms with E-state index in [1.165, 1.54) is 10.6 Å². The molecule has 0 radical (unpaired) electrons. The molecule has 0 aliphatic heterocycles. The molecule has 0 atom stereocenters. The zero-order valence-electron chi connectivity index (χ0n) is 10.6. The molecule has 2 rings (SSSR count). The molecule has 0 bridgehead atoms. The number of hydrogen-bond donors (Lipinski definition) is 1. The summed E-state index contributed by atoms with van der Waals surface area (Å²) in [7, 11) is 0. The van der Waals surface area contributed by atoms with E-state index in [9.17, 15) is 13.6 Å². The number of aromatic nitrogens is 2. The number of thioether (sulfide) groups is 2. The summed E-state index contributed by atoms with van der Waals surface area (Å²) >= 11 is 2.56. The normalized spacial score (nSPS) is 11.2. The van der Waals surface area contributed by atoms with E-state index < -0.39 is 17.6 Å². The highest BCUT2D eigenvalue weighted by molar-refractivity contribution is 7.99. The Hall–Kier alpha value is -1.28. The van der Waals surface area contributed by atoms with Crippen LogP contribution >= 0.6 is 23.5 Å². The average Bonchev–Trinajstić information content (AvgIpc) is 2.77. The average molecular weight is 318 g/mol. The Morgan fingerprint density at radius 2 is 2.20 bits per heavy atom. The molecule has 1 heterocycles. The van der Waals surface area contributed by atoms with Crippen molar-refractivity contribution in [3.63, 3.8) is 0 Å². The molecule has 0 amide bonds. The third kappa shape index (κ3) is 3.06. The van der Waals surface area contributed by atoms with Crippen LogP contribution in [0.4, 0.5) is 8.78 Å². The Bertz CT molecular complexity index is 646. The molecule has 0 saturated carbocycles. The van der Waals surface area contributed by atoms with E-state index in [4.69, 9.17) is 5.11 Å². The quantitative estimate of drug-likeness (QED) is 0.830. The minimum absolute atomic E-state index is 0.0898. The predicted molar refractivity (Wildman–Crippen MR) is 76.4 cm³/mol. The van der Waals surface area contributed by atoms with Gasteiger partial charge >= 0.3 is 5.97 Å². The summed E-state index contributed by atoms with van der Waals surface area (Å²) in [6.45, 7) is 0.444. The first-order valence-electron chi connectivity index (χ1n) is 5.72. The summed E-state index contributed by atoms with van der Waals surface area (Å²) in [4.78, 5) is 14.8. The van der Waals surface area contributed by atoms with Gasteiger partial charge < -0.3 is 9.67 Å². The maximum atomic E-state index is 13.9. The van der Waals surface area contributed by atoms with Gasteiger partial charge in [-0.3, -0.25) is 4.79 Å². The van der Waals surface area contributed by atoms with Crippen molar-refractivity contribution < 1.29 is 18.7 Å². The van der Waals surface area contributed by atoms with Crippen LogP contribution in [0.2, 0.25) is 0 Å². The van der Waals surface area contributed by atoms with Crippen LogP contribution in [0.3, 0.4) is 0 Å². The van der Waals surface area contributed by atoms with Crippen molar-refractivity contribution in [1.82, 2.24) is 9.55 Å². The van der Waals surface area contributed by atoms with Crippen molar-refractivity contribution in [2.24, 2.45) is 0 Å². The second-order valence-electron chi connectivity index (χ2n) is 3.95. The number of aryl methyl sites for hydroxylation is 1. The second kappa shape index (κ2) is 6.45. The number of nitrogens with zero attached hydrogens (tertiary/aromatic N) is 2. The van der Waals surface area contributed by atoms with Crippen LogP contribution in [0.25, 0.3) is 11.0 Å². The van der Waals surface area contributed by atoms with E-state index in [-0.39, 0.29) is 11.3 Å². The van der Waals surface area contributed by atoms with Gasteiger partial charge in [-0.05, 0) is 18.4 Å². The Morgan fingerprint density at radius 1 is 1.45 bits per heavy atom. The topological polar surface area (TPSA) is 55.1 Å². The summed E-state index contributed by atoms with van der Waals surface area (Å²) in [5.41, 5.74) is 0.421. The molecular weight excluding hydrogens is 306 g/mol. The third-order valence-corrected chi connectivity index (χ3v) is 4.16. The van der Waals surface area contributed by atoms with Crippen molar-refractivity contribution in [1.29, 1.82) is 0 Å². The zero-order valence-corrected chi connectivity index (χ0v) is 12.2. The van der Waals surface area contributed by atoms with Crippen molar-refractivity contribution in [2.75, 3.05) is 17.8 Å². The van der Waals surface area contributed by atoms with Crippen molar-refractivity contribution >= 4 is 40.5 Å². The summed E-state index contributed by atoms with van der Waals surface area (Å²) < 4.78 is 28.8. The lowest BCUT2D eigenvalue weighted by Crippen LogP contribution is -2.06. The smallest absolute Gasteiger partial charge is 0.313 e. The van der Waals surface area contributed by atoms with Gasteiger partial charge in [0.15, 0.2) is 16.8 Å². The van der Waals surface area contributed by atoms with Crippen LogP contribution < -0.4 is 0 Å². The standard InChI is InChI=1S/C12H12F2N2O2S2/c1-19-5-4-16-11-8(3-2-7(13)10(11)14)15-12(16)20-6-9(17)18/h2-3H,4-6H2,1H3,(H,17,18). The molecule has 0 fully saturated rings. The first-order chi connectivity index (χ1) is 9.54. The lowest BCUT2D eigenvalue weighted by molar-refractivity contribution is -0.133.